The lowest BCUT2D eigenvalue weighted by atomic mass is 10.1. The molecule has 0 saturated heterocycles. The molecule has 5 nitrogen and oxygen atoms in total. The molecule has 1 aromatic rings. The molecule has 0 aromatic heterocycles. The van der Waals surface area contributed by atoms with Gasteiger partial charge in [-0.1, -0.05) is 12.8 Å². The van der Waals surface area contributed by atoms with Gasteiger partial charge in [-0.25, -0.2) is 4.79 Å². The molecule has 1 aliphatic rings. The second-order valence-electron chi connectivity index (χ2n) is 4.89. The molecule has 6 heteroatoms. The molecule has 0 spiro atoms. The van der Waals surface area contributed by atoms with Crippen LogP contribution in [-0.2, 0) is 4.79 Å². The molecule has 1 aromatic carbocycles. The van der Waals surface area contributed by atoms with Crippen LogP contribution in [-0.4, -0.2) is 30.1 Å². The Morgan fingerprint density at radius 3 is 2.70 bits per heavy atom. The summed E-state index contributed by atoms with van der Waals surface area (Å²) in [6.45, 7) is 0. The van der Waals surface area contributed by atoms with Crippen LogP contribution in [0.1, 0.15) is 29.6 Å². The first-order valence-corrected chi connectivity index (χ1v) is 7.46. The summed E-state index contributed by atoms with van der Waals surface area (Å²) in [6.07, 6.45) is 2.62. The molecule has 1 aliphatic carbocycles. The molecule has 1 amide bonds. The average Bonchev–Trinajstić information content (AvgIpc) is 3.21. The molecule has 0 aliphatic heterocycles. The number of ether oxygens (including phenoxy) is 1. The number of halogens is 1. The minimum Gasteiger partial charge on any atom is -0.497 e. The Morgan fingerprint density at radius 2 is 2.20 bits per heavy atom. The Hall–Kier alpha value is -1.31. The Balaban J connectivity index is 2.07. The number of hydrogen-bond acceptors (Lipinski definition) is 3. The van der Waals surface area contributed by atoms with E-state index in [1.54, 1.807) is 25.3 Å². The van der Waals surface area contributed by atoms with Crippen molar-refractivity contribution < 1.29 is 19.4 Å². The summed E-state index contributed by atoms with van der Waals surface area (Å²) in [4.78, 5) is 23.3. The number of benzene rings is 1. The molecular formula is C14H16INO4. The number of amides is 1. The van der Waals surface area contributed by atoms with Gasteiger partial charge < -0.3 is 15.2 Å². The lowest BCUT2D eigenvalue weighted by molar-refractivity contribution is -0.139. The molecule has 1 saturated carbocycles. The standard InChI is InChI=1S/C14H16INO4/c1-20-9-4-5-10(11(15)7-9)13(17)16-12(14(18)19)6-8-2-3-8/h4-5,7-8,12H,2-3,6H2,1H3,(H,16,17)(H,18,19). The highest BCUT2D eigenvalue weighted by molar-refractivity contribution is 14.1. The molecule has 2 rings (SSSR count). The molecule has 0 heterocycles. The second-order valence-corrected chi connectivity index (χ2v) is 6.05. The fourth-order valence-corrected chi connectivity index (χ4v) is 2.68. The van der Waals surface area contributed by atoms with E-state index in [1.165, 1.54) is 0 Å². The van der Waals surface area contributed by atoms with Gasteiger partial charge in [-0.15, -0.1) is 0 Å². The summed E-state index contributed by atoms with van der Waals surface area (Å²) < 4.78 is 5.81. The van der Waals surface area contributed by atoms with Crippen molar-refractivity contribution in [2.45, 2.75) is 25.3 Å². The largest absolute Gasteiger partial charge is 0.497 e. The number of nitrogens with one attached hydrogen (secondary N) is 1. The maximum atomic E-state index is 12.2. The fraction of sp³-hybridized carbons (Fsp3) is 0.429. The van der Waals surface area contributed by atoms with Gasteiger partial charge in [-0.2, -0.15) is 0 Å². The Labute approximate surface area is 130 Å². The predicted octanol–water partition coefficient (Wildman–Crippen LogP) is 2.28. The fourth-order valence-electron chi connectivity index (χ4n) is 1.95. The summed E-state index contributed by atoms with van der Waals surface area (Å²) in [5.74, 6) is -0.232. The van der Waals surface area contributed by atoms with Crippen LogP contribution in [0, 0.1) is 9.49 Å². The monoisotopic (exact) mass is 389 g/mol. The van der Waals surface area contributed by atoms with E-state index >= 15 is 0 Å². The lowest BCUT2D eigenvalue weighted by Crippen LogP contribution is -2.41. The van der Waals surface area contributed by atoms with E-state index < -0.39 is 12.0 Å². The lowest BCUT2D eigenvalue weighted by Gasteiger charge is -2.15. The smallest absolute Gasteiger partial charge is 0.326 e. The number of aliphatic carboxylic acids is 1. The highest BCUT2D eigenvalue weighted by atomic mass is 127. The van der Waals surface area contributed by atoms with Crippen molar-refractivity contribution in [2.75, 3.05) is 7.11 Å². The quantitative estimate of drug-likeness (QED) is 0.733. The minimum atomic E-state index is -0.978. The number of rotatable bonds is 6. The van der Waals surface area contributed by atoms with E-state index in [-0.39, 0.29) is 5.91 Å². The first-order chi connectivity index (χ1) is 9.51. The Kier molecular flexibility index (Phi) is 4.85. The Morgan fingerprint density at radius 1 is 1.50 bits per heavy atom. The van der Waals surface area contributed by atoms with Gasteiger partial charge in [0.05, 0.1) is 12.7 Å². The van der Waals surface area contributed by atoms with Gasteiger partial charge in [0.15, 0.2) is 0 Å². The molecule has 1 fully saturated rings. The Bertz CT molecular complexity index is 528. The molecule has 108 valence electrons. The van der Waals surface area contributed by atoms with Crippen LogP contribution in [0.2, 0.25) is 0 Å². The van der Waals surface area contributed by atoms with Crippen LogP contribution >= 0.6 is 22.6 Å². The van der Waals surface area contributed by atoms with Crippen molar-refractivity contribution in [1.29, 1.82) is 0 Å². The van der Waals surface area contributed by atoms with Crippen molar-refractivity contribution in [3.63, 3.8) is 0 Å². The van der Waals surface area contributed by atoms with E-state index in [1.807, 2.05) is 22.6 Å². The predicted molar refractivity (Wildman–Crippen MR) is 81.9 cm³/mol. The molecule has 1 atom stereocenters. The first-order valence-electron chi connectivity index (χ1n) is 6.38. The number of hydrogen-bond donors (Lipinski definition) is 2. The number of carbonyl (C=O) groups is 2. The topological polar surface area (TPSA) is 75.6 Å². The molecule has 0 bridgehead atoms. The zero-order valence-corrected chi connectivity index (χ0v) is 13.2. The van der Waals surface area contributed by atoms with Crippen molar-refractivity contribution in [3.05, 3.63) is 27.3 Å². The number of methoxy groups -OCH3 is 1. The number of carboxylic acids is 1. The van der Waals surface area contributed by atoms with E-state index in [2.05, 4.69) is 5.32 Å². The third-order valence-electron chi connectivity index (χ3n) is 3.29. The first kappa shape index (κ1) is 15.1. The second kappa shape index (κ2) is 6.43. The van der Waals surface area contributed by atoms with Crippen molar-refractivity contribution in [3.8, 4) is 5.75 Å². The molecule has 1 unspecified atom stereocenters. The number of carbonyl (C=O) groups excluding carboxylic acids is 1. The van der Waals surface area contributed by atoms with Crippen molar-refractivity contribution in [1.82, 2.24) is 5.32 Å². The van der Waals surface area contributed by atoms with Crippen LogP contribution in [0.25, 0.3) is 0 Å². The highest BCUT2D eigenvalue weighted by Gasteiger charge is 2.30. The van der Waals surface area contributed by atoms with E-state index in [0.29, 0.717) is 23.7 Å². The maximum Gasteiger partial charge on any atom is 0.326 e. The summed E-state index contributed by atoms with van der Waals surface area (Å²) in [5.41, 5.74) is 0.466. The minimum absolute atomic E-state index is 0.356. The van der Waals surface area contributed by atoms with E-state index in [9.17, 15) is 9.59 Å². The molecule has 20 heavy (non-hydrogen) atoms. The van der Waals surface area contributed by atoms with Gasteiger partial charge >= 0.3 is 5.97 Å². The van der Waals surface area contributed by atoms with Gasteiger partial charge in [0.1, 0.15) is 11.8 Å². The third-order valence-corrected chi connectivity index (χ3v) is 4.18. The van der Waals surface area contributed by atoms with Gasteiger partial charge in [-0.3, -0.25) is 4.79 Å². The summed E-state index contributed by atoms with van der Waals surface area (Å²) in [7, 11) is 1.56. The van der Waals surface area contributed by atoms with Crippen LogP contribution in [0.15, 0.2) is 18.2 Å². The van der Waals surface area contributed by atoms with Gasteiger partial charge in [-0.05, 0) is 53.1 Å². The number of carboxylic acid groups (broad SMARTS) is 1. The summed E-state index contributed by atoms with van der Waals surface area (Å²) in [5, 5.41) is 11.8. The highest BCUT2D eigenvalue weighted by Crippen LogP contribution is 2.33. The van der Waals surface area contributed by atoms with Crippen LogP contribution < -0.4 is 10.1 Å². The normalized spacial score (nSPS) is 15.5. The SMILES string of the molecule is COc1ccc(C(=O)NC(CC2CC2)C(=O)O)c(I)c1. The molecule has 0 radical (unpaired) electrons. The van der Waals surface area contributed by atoms with Crippen molar-refractivity contribution in [2.24, 2.45) is 5.92 Å². The van der Waals surface area contributed by atoms with Crippen LogP contribution in [0.4, 0.5) is 0 Å². The van der Waals surface area contributed by atoms with E-state index in [4.69, 9.17) is 9.84 Å². The zero-order chi connectivity index (χ0) is 14.7. The average molecular weight is 389 g/mol. The van der Waals surface area contributed by atoms with Crippen molar-refractivity contribution >= 4 is 34.5 Å². The van der Waals surface area contributed by atoms with Crippen LogP contribution in [0.3, 0.4) is 0 Å². The van der Waals surface area contributed by atoms with Gasteiger partial charge in [0, 0.05) is 3.57 Å². The molecular weight excluding hydrogens is 373 g/mol. The summed E-state index contributed by atoms with van der Waals surface area (Å²) >= 11 is 2.04. The molecule has 2 N–H and O–H groups in total. The third kappa shape index (κ3) is 3.84. The van der Waals surface area contributed by atoms with Gasteiger partial charge in [0.2, 0.25) is 0 Å². The summed E-state index contributed by atoms with van der Waals surface area (Å²) in [6, 6.07) is 4.26. The van der Waals surface area contributed by atoms with Crippen LogP contribution in [0.5, 0.6) is 5.75 Å². The maximum absolute atomic E-state index is 12.2. The zero-order valence-electron chi connectivity index (χ0n) is 11.1. The van der Waals surface area contributed by atoms with E-state index in [0.717, 1.165) is 16.4 Å². The van der Waals surface area contributed by atoms with Gasteiger partial charge in [0.25, 0.3) is 5.91 Å².